The molecule has 0 heterocycles. The van der Waals surface area contributed by atoms with Crippen LogP contribution in [0, 0.1) is 28.0 Å². The lowest BCUT2D eigenvalue weighted by atomic mass is 10.1. The second-order valence-corrected chi connectivity index (χ2v) is 3.67. The summed E-state index contributed by atoms with van der Waals surface area (Å²) in [6.45, 7) is 5.33. The number of carbonyl (C=O) groups excluding carboxylic acids is 2. The number of ether oxygens (including phenoxy) is 2. The number of anilines is 1. The molecule has 0 aliphatic rings. The first-order chi connectivity index (χ1) is 10.4. The molecule has 0 fully saturated rings. The normalized spacial score (nSPS) is 9.18. The Balaban J connectivity index is 3.28. The summed E-state index contributed by atoms with van der Waals surface area (Å²) in [5, 5.41) is 19.3. The lowest BCUT2D eigenvalue weighted by Gasteiger charge is -2.07. The number of esters is 2. The zero-order chi connectivity index (χ0) is 16.7. The quantitative estimate of drug-likeness (QED) is 0.277. The van der Waals surface area contributed by atoms with Crippen molar-refractivity contribution in [2.45, 2.75) is 0 Å². The Labute approximate surface area is 123 Å². The van der Waals surface area contributed by atoms with E-state index in [2.05, 4.69) is 14.3 Å². The Morgan fingerprint density at radius 1 is 1.36 bits per heavy atom. The van der Waals surface area contributed by atoms with Gasteiger partial charge >= 0.3 is 18.7 Å². The van der Waals surface area contributed by atoms with Crippen molar-refractivity contribution >= 4 is 23.3 Å². The van der Waals surface area contributed by atoms with E-state index in [1.807, 2.05) is 0 Å². The molecule has 2 N–H and O–H groups in total. The lowest BCUT2D eigenvalue weighted by molar-refractivity contribution is -0.385. The van der Waals surface area contributed by atoms with Crippen LogP contribution in [-0.4, -0.2) is 30.2 Å². The first-order valence-corrected chi connectivity index (χ1v) is 5.54. The summed E-state index contributed by atoms with van der Waals surface area (Å²) < 4.78 is 8.98. The van der Waals surface area contributed by atoms with E-state index in [9.17, 15) is 19.7 Å². The third kappa shape index (κ3) is 3.68. The van der Waals surface area contributed by atoms with Crippen LogP contribution in [0.3, 0.4) is 0 Å². The monoisotopic (exact) mass is 304 g/mol. The van der Waals surface area contributed by atoms with Gasteiger partial charge in [0.25, 0.3) is 5.69 Å². The molecule has 0 atom stereocenters. The third-order valence-electron chi connectivity index (χ3n) is 2.33. The summed E-state index contributed by atoms with van der Waals surface area (Å²) in [6.07, 6.45) is 0. The van der Waals surface area contributed by atoms with Crippen molar-refractivity contribution in [3.05, 3.63) is 44.8 Å². The van der Waals surface area contributed by atoms with Gasteiger partial charge in [0.05, 0.1) is 10.5 Å². The molecule has 1 aromatic rings. The first-order valence-electron chi connectivity index (χ1n) is 5.54. The van der Waals surface area contributed by atoms with Gasteiger partial charge in [-0.05, 0) is 6.07 Å². The van der Waals surface area contributed by atoms with Crippen molar-refractivity contribution in [3.8, 4) is 6.07 Å². The molecule has 22 heavy (non-hydrogen) atoms. The Hall–Kier alpha value is -3.66. The Morgan fingerprint density at radius 3 is 2.55 bits per heavy atom. The number of nitro benzene ring substituents is 1. The van der Waals surface area contributed by atoms with E-state index in [-0.39, 0.29) is 11.3 Å². The maximum Gasteiger partial charge on any atom is 0.359 e. The largest absolute Gasteiger partial charge is 0.446 e. The molecular weight excluding hydrogens is 296 g/mol. The zero-order valence-corrected chi connectivity index (χ0v) is 10.9. The molecule has 0 amide bonds. The minimum atomic E-state index is -1.12. The summed E-state index contributed by atoms with van der Waals surface area (Å²) in [5.74, 6) is -2.16. The number of rotatable bonds is 5. The van der Waals surface area contributed by atoms with Crippen molar-refractivity contribution in [1.82, 2.24) is 0 Å². The number of nitrogens with zero attached hydrogens (tertiary/aromatic N) is 3. The number of carbonyl (C=O) groups is 2. The highest BCUT2D eigenvalue weighted by molar-refractivity contribution is 6.01. The van der Waals surface area contributed by atoms with Crippen LogP contribution in [0.1, 0.15) is 20.7 Å². The summed E-state index contributed by atoms with van der Waals surface area (Å²) in [4.78, 5) is 36.1. The molecule has 0 unspecified atom stereocenters. The van der Waals surface area contributed by atoms with Gasteiger partial charge in [0.2, 0.25) is 0 Å². The standard InChI is InChI=1S/C12H8N4O6/c1-15-6-22-11(17)7-5-10(16(19)20)8(4-9(7)14)12(18)21-3-2-13/h4-5H,3,6,14H2. The Morgan fingerprint density at radius 2 is 2.00 bits per heavy atom. The smallest absolute Gasteiger partial charge is 0.359 e. The van der Waals surface area contributed by atoms with Crippen molar-refractivity contribution in [2.75, 3.05) is 19.1 Å². The lowest BCUT2D eigenvalue weighted by Crippen LogP contribution is -2.13. The molecule has 0 spiro atoms. The number of hydrogen-bond acceptors (Lipinski definition) is 8. The molecule has 1 rings (SSSR count). The van der Waals surface area contributed by atoms with E-state index >= 15 is 0 Å². The van der Waals surface area contributed by atoms with Crippen LogP contribution in [0.15, 0.2) is 12.1 Å². The van der Waals surface area contributed by atoms with E-state index in [0.717, 1.165) is 12.1 Å². The zero-order valence-electron chi connectivity index (χ0n) is 10.9. The Kier molecular flexibility index (Phi) is 5.37. The van der Waals surface area contributed by atoms with E-state index in [4.69, 9.17) is 17.6 Å². The second kappa shape index (κ2) is 7.21. The van der Waals surface area contributed by atoms with Crippen LogP contribution in [0.4, 0.5) is 11.4 Å². The van der Waals surface area contributed by atoms with Crippen molar-refractivity contribution < 1.29 is 24.0 Å². The number of nitrogen functional groups attached to an aromatic ring is 1. The summed E-state index contributed by atoms with van der Waals surface area (Å²) >= 11 is 0. The maximum absolute atomic E-state index is 11.6. The number of hydrogen-bond donors (Lipinski definition) is 1. The van der Waals surface area contributed by atoms with Crippen LogP contribution in [0.2, 0.25) is 0 Å². The highest BCUT2D eigenvalue weighted by Gasteiger charge is 2.26. The second-order valence-electron chi connectivity index (χ2n) is 3.67. The van der Waals surface area contributed by atoms with Gasteiger partial charge in [0.1, 0.15) is 11.6 Å². The number of nitro groups is 1. The summed E-state index contributed by atoms with van der Waals surface area (Å²) in [5.41, 5.74) is 3.71. The van der Waals surface area contributed by atoms with Gasteiger partial charge in [-0.2, -0.15) is 5.26 Å². The molecule has 0 radical (unpaired) electrons. The molecule has 0 saturated carbocycles. The first kappa shape index (κ1) is 16.4. The maximum atomic E-state index is 11.6. The van der Waals surface area contributed by atoms with Gasteiger partial charge in [0.15, 0.2) is 6.61 Å². The number of nitrogens with two attached hydrogens (primary N) is 1. The molecule has 10 heteroatoms. The number of nitriles is 1. The van der Waals surface area contributed by atoms with Gasteiger partial charge in [-0.3, -0.25) is 15.0 Å². The van der Waals surface area contributed by atoms with Gasteiger partial charge < -0.3 is 15.2 Å². The number of benzene rings is 1. The van der Waals surface area contributed by atoms with Crippen LogP contribution < -0.4 is 5.73 Å². The van der Waals surface area contributed by atoms with Crippen LogP contribution in [0.5, 0.6) is 0 Å². The highest BCUT2D eigenvalue weighted by atomic mass is 16.6. The Bertz CT molecular complexity index is 716. The summed E-state index contributed by atoms with van der Waals surface area (Å²) in [7, 11) is 0. The van der Waals surface area contributed by atoms with Crippen LogP contribution in [0.25, 0.3) is 4.85 Å². The van der Waals surface area contributed by atoms with Crippen LogP contribution in [-0.2, 0) is 9.47 Å². The van der Waals surface area contributed by atoms with Crippen molar-refractivity contribution in [1.29, 1.82) is 5.26 Å². The molecule has 1 aromatic carbocycles. The average molecular weight is 304 g/mol. The van der Waals surface area contributed by atoms with E-state index in [0.29, 0.717) is 0 Å². The predicted octanol–water partition coefficient (Wildman–Crippen LogP) is 0.891. The van der Waals surface area contributed by atoms with Gasteiger partial charge in [-0.1, -0.05) is 0 Å². The minimum absolute atomic E-state index is 0.260. The molecular formula is C12H8N4O6. The fraction of sp³-hybridized carbons (Fsp3) is 0.167. The minimum Gasteiger partial charge on any atom is -0.446 e. The van der Waals surface area contributed by atoms with E-state index in [1.165, 1.54) is 6.07 Å². The third-order valence-corrected chi connectivity index (χ3v) is 2.33. The fourth-order valence-electron chi connectivity index (χ4n) is 1.44. The van der Waals surface area contributed by atoms with E-state index < -0.39 is 41.5 Å². The van der Waals surface area contributed by atoms with Gasteiger partial charge in [-0.25, -0.2) is 16.2 Å². The SMILES string of the molecule is [C-]#[N+]COC(=O)c1cc([N+](=O)[O-])c(C(=O)OCC#N)cc1N. The predicted molar refractivity (Wildman–Crippen MR) is 70.3 cm³/mol. The molecule has 0 saturated heterocycles. The highest BCUT2D eigenvalue weighted by Crippen LogP contribution is 2.26. The van der Waals surface area contributed by atoms with Crippen LogP contribution >= 0.6 is 0 Å². The molecule has 0 aliphatic heterocycles. The molecule has 112 valence electrons. The van der Waals surface area contributed by atoms with Gasteiger partial charge in [-0.15, -0.1) is 0 Å². The molecule has 10 nitrogen and oxygen atoms in total. The van der Waals surface area contributed by atoms with Crippen molar-refractivity contribution in [3.63, 3.8) is 0 Å². The topological polar surface area (TPSA) is 150 Å². The molecule has 0 aliphatic carbocycles. The molecule has 0 bridgehead atoms. The van der Waals surface area contributed by atoms with Gasteiger partial charge in [0, 0.05) is 11.8 Å². The fourth-order valence-corrected chi connectivity index (χ4v) is 1.44. The average Bonchev–Trinajstić information content (AvgIpc) is 2.49. The van der Waals surface area contributed by atoms with Crippen molar-refractivity contribution in [2.24, 2.45) is 0 Å². The summed E-state index contributed by atoms with van der Waals surface area (Å²) in [6, 6.07) is 3.17. The molecule has 0 aromatic heterocycles. The van der Waals surface area contributed by atoms with E-state index in [1.54, 1.807) is 0 Å².